The van der Waals surface area contributed by atoms with Gasteiger partial charge >= 0.3 is 0 Å². The molecule has 5 rings (SSSR count). The van der Waals surface area contributed by atoms with Gasteiger partial charge in [0.15, 0.2) is 6.29 Å². The number of aromatic nitrogens is 2. The molecule has 1 atom stereocenters. The standard InChI is InChI=1S/C26H24ClFN4O2/c1-34-24-14-22(21(28)12-18(24)16-33)31-11-9-29-15-20(31)13-23-26(17-5-7-19(27)8-6-17)30-25-4-2-3-10-32(23)25/h2-8,10,12,14,16,20,29H,9,11,13,15H2,1H3. The average Bonchev–Trinajstić information content (AvgIpc) is 3.23. The molecule has 8 heteroatoms. The van der Waals surface area contributed by atoms with Crippen LogP contribution in [0.15, 0.2) is 60.8 Å². The van der Waals surface area contributed by atoms with Gasteiger partial charge in [-0.15, -0.1) is 0 Å². The van der Waals surface area contributed by atoms with Crippen molar-refractivity contribution in [3.8, 4) is 17.0 Å². The second-order valence-corrected chi connectivity index (χ2v) is 8.70. The third kappa shape index (κ3) is 4.13. The van der Waals surface area contributed by atoms with Gasteiger partial charge in [0.1, 0.15) is 17.2 Å². The summed E-state index contributed by atoms with van der Waals surface area (Å²) in [5, 5.41) is 4.10. The van der Waals surface area contributed by atoms with Crippen LogP contribution in [0.25, 0.3) is 16.9 Å². The summed E-state index contributed by atoms with van der Waals surface area (Å²) in [4.78, 5) is 18.3. The van der Waals surface area contributed by atoms with Crippen molar-refractivity contribution in [3.63, 3.8) is 0 Å². The van der Waals surface area contributed by atoms with Crippen molar-refractivity contribution in [2.75, 3.05) is 31.6 Å². The zero-order valence-electron chi connectivity index (χ0n) is 18.7. The molecule has 3 heterocycles. The Morgan fingerprint density at radius 3 is 2.82 bits per heavy atom. The zero-order valence-corrected chi connectivity index (χ0v) is 19.4. The molecular formula is C26H24ClFN4O2. The van der Waals surface area contributed by atoms with E-state index < -0.39 is 5.82 Å². The maximum atomic E-state index is 15.1. The molecule has 0 bridgehead atoms. The van der Waals surface area contributed by atoms with Gasteiger partial charge in [0.25, 0.3) is 0 Å². The molecule has 2 aromatic carbocycles. The van der Waals surface area contributed by atoms with Gasteiger partial charge in [-0.3, -0.25) is 4.79 Å². The van der Waals surface area contributed by atoms with Crippen LogP contribution in [0.3, 0.4) is 0 Å². The van der Waals surface area contributed by atoms with Crippen molar-refractivity contribution in [3.05, 3.63) is 82.9 Å². The van der Waals surface area contributed by atoms with Crippen LogP contribution in [0.4, 0.5) is 10.1 Å². The lowest BCUT2D eigenvalue weighted by atomic mass is 10.0. The van der Waals surface area contributed by atoms with Gasteiger partial charge in [-0.05, 0) is 30.3 Å². The Morgan fingerprint density at radius 2 is 2.06 bits per heavy atom. The van der Waals surface area contributed by atoms with Crippen molar-refractivity contribution in [1.82, 2.24) is 14.7 Å². The van der Waals surface area contributed by atoms with E-state index in [9.17, 15) is 4.79 Å². The fourth-order valence-corrected chi connectivity index (χ4v) is 4.74. The molecule has 2 aromatic heterocycles. The summed E-state index contributed by atoms with van der Waals surface area (Å²) in [7, 11) is 1.48. The van der Waals surface area contributed by atoms with E-state index in [0.717, 1.165) is 29.1 Å². The van der Waals surface area contributed by atoms with Crippen LogP contribution < -0.4 is 15.0 Å². The Bertz CT molecular complexity index is 1340. The summed E-state index contributed by atoms with van der Waals surface area (Å²) >= 11 is 6.11. The Labute approximate surface area is 201 Å². The topological polar surface area (TPSA) is 58.9 Å². The average molecular weight is 479 g/mol. The number of nitrogens with zero attached hydrogens (tertiary/aromatic N) is 3. The minimum absolute atomic E-state index is 0.0406. The molecule has 1 N–H and O–H groups in total. The highest BCUT2D eigenvalue weighted by molar-refractivity contribution is 6.30. The van der Waals surface area contributed by atoms with E-state index in [2.05, 4.69) is 14.6 Å². The van der Waals surface area contributed by atoms with Gasteiger partial charge in [0.2, 0.25) is 0 Å². The normalized spacial score (nSPS) is 16.1. The van der Waals surface area contributed by atoms with Crippen LogP contribution in [-0.2, 0) is 6.42 Å². The van der Waals surface area contributed by atoms with Crippen molar-refractivity contribution < 1.29 is 13.9 Å². The highest BCUT2D eigenvalue weighted by Crippen LogP contribution is 2.32. The lowest BCUT2D eigenvalue weighted by Gasteiger charge is -2.38. The van der Waals surface area contributed by atoms with Crippen molar-refractivity contribution in [1.29, 1.82) is 0 Å². The van der Waals surface area contributed by atoms with E-state index in [1.54, 1.807) is 6.07 Å². The van der Waals surface area contributed by atoms with Crippen LogP contribution in [0, 0.1) is 5.82 Å². The molecule has 174 valence electrons. The third-order valence-electron chi connectivity index (χ3n) is 6.26. The fourth-order valence-electron chi connectivity index (χ4n) is 4.61. The van der Waals surface area contributed by atoms with Crippen molar-refractivity contribution >= 4 is 29.2 Å². The van der Waals surface area contributed by atoms with Crippen LogP contribution in [0.2, 0.25) is 5.02 Å². The van der Waals surface area contributed by atoms with Crippen molar-refractivity contribution in [2.45, 2.75) is 12.5 Å². The molecule has 1 fully saturated rings. The number of piperazine rings is 1. The van der Waals surface area contributed by atoms with E-state index in [1.165, 1.54) is 13.2 Å². The molecule has 6 nitrogen and oxygen atoms in total. The van der Waals surface area contributed by atoms with Crippen LogP contribution >= 0.6 is 11.6 Å². The number of rotatable bonds is 6. The highest BCUT2D eigenvalue weighted by atomic mass is 35.5. The first-order valence-corrected chi connectivity index (χ1v) is 11.5. The molecule has 0 saturated carbocycles. The van der Waals surface area contributed by atoms with Gasteiger partial charge in [-0.25, -0.2) is 9.37 Å². The summed E-state index contributed by atoms with van der Waals surface area (Å²) in [6, 6.07) is 16.4. The maximum Gasteiger partial charge on any atom is 0.153 e. The zero-order chi connectivity index (χ0) is 23.7. The predicted octanol–water partition coefficient (Wildman–Crippen LogP) is 4.64. The summed E-state index contributed by atoms with van der Waals surface area (Å²) in [5.41, 5.74) is 4.36. The number of carbonyl (C=O) groups is 1. The molecule has 1 aliphatic heterocycles. The lowest BCUT2D eigenvalue weighted by Crippen LogP contribution is -2.52. The number of aldehydes is 1. The number of imidazole rings is 1. The number of hydrogen-bond acceptors (Lipinski definition) is 5. The maximum absolute atomic E-state index is 15.1. The molecule has 0 amide bonds. The van der Waals surface area contributed by atoms with Crippen LogP contribution in [0.1, 0.15) is 16.1 Å². The Morgan fingerprint density at radius 1 is 1.24 bits per heavy atom. The lowest BCUT2D eigenvalue weighted by molar-refractivity contribution is 0.112. The smallest absolute Gasteiger partial charge is 0.153 e. The van der Waals surface area contributed by atoms with Gasteiger partial charge in [0.05, 0.1) is 29.7 Å². The number of halogens is 2. The van der Waals surface area contributed by atoms with Gasteiger partial charge in [-0.2, -0.15) is 0 Å². The largest absolute Gasteiger partial charge is 0.496 e. The first-order chi connectivity index (χ1) is 16.6. The first kappa shape index (κ1) is 22.4. The minimum Gasteiger partial charge on any atom is -0.496 e. The molecule has 0 aliphatic carbocycles. The van der Waals surface area contributed by atoms with E-state index in [0.29, 0.717) is 42.3 Å². The number of ether oxygens (including phenoxy) is 1. The van der Waals surface area contributed by atoms with Crippen LogP contribution in [-0.4, -0.2) is 48.5 Å². The molecule has 34 heavy (non-hydrogen) atoms. The summed E-state index contributed by atoms with van der Waals surface area (Å²) in [6.07, 6.45) is 3.24. The SMILES string of the molecule is COc1cc(N2CCNCC2Cc2c(-c3ccc(Cl)cc3)nc3ccccn23)c(F)cc1C=O. The summed E-state index contributed by atoms with van der Waals surface area (Å²) in [6.45, 7) is 2.03. The Kier molecular flexibility index (Phi) is 6.22. The summed E-state index contributed by atoms with van der Waals surface area (Å²) < 4.78 is 22.5. The molecular weight excluding hydrogens is 455 g/mol. The number of anilines is 1. The number of methoxy groups -OCH3 is 1. The van der Waals surface area contributed by atoms with Gasteiger partial charge in [0, 0.05) is 54.9 Å². The number of benzene rings is 2. The van der Waals surface area contributed by atoms with E-state index in [-0.39, 0.29) is 11.6 Å². The Balaban J connectivity index is 1.57. The van der Waals surface area contributed by atoms with E-state index >= 15 is 4.39 Å². The quantitative estimate of drug-likeness (QED) is 0.409. The fraction of sp³-hybridized carbons (Fsp3) is 0.231. The van der Waals surface area contributed by atoms with Crippen LogP contribution in [0.5, 0.6) is 5.75 Å². The number of pyridine rings is 1. The van der Waals surface area contributed by atoms with E-state index in [1.807, 2.05) is 48.7 Å². The predicted molar refractivity (Wildman–Crippen MR) is 132 cm³/mol. The molecule has 0 spiro atoms. The highest BCUT2D eigenvalue weighted by Gasteiger charge is 2.28. The molecule has 1 saturated heterocycles. The Hall–Kier alpha value is -3.42. The van der Waals surface area contributed by atoms with E-state index in [4.69, 9.17) is 21.3 Å². The number of hydrogen-bond donors (Lipinski definition) is 1. The number of carbonyl (C=O) groups excluding carboxylic acids is 1. The van der Waals surface area contributed by atoms with Gasteiger partial charge < -0.3 is 19.4 Å². The van der Waals surface area contributed by atoms with Gasteiger partial charge in [-0.1, -0.05) is 29.8 Å². The number of nitrogens with one attached hydrogen (secondary N) is 1. The first-order valence-electron chi connectivity index (χ1n) is 11.1. The van der Waals surface area contributed by atoms with Crippen molar-refractivity contribution in [2.24, 2.45) is 0 Å². The second-order valence-electron chi connectivity index (χ2n) is 8.26. The molecule has 0 radical (unpaired) electrons. The molecule has 1 aliphatic rings. The third-order valence-corrected chi connectivity index (χ3v) is 6.51. The summed E-state index contributed by atoms with van der Waals surface area (Å²) in [5.74, 6) is -0.0776. The monoisotopic (exact) mass is 478 g/mol. The molecule has 1 unspecified atom stereocenters. The second kappa shape index (κ2) is 9.44. The number of fused-ring (bicyclic) bond motifs is 1. The minimum atomic E-state index is -0.439. The molecule has 4 aromatic rings.